The van der Waals surface area contributed by atoms with Crippen molar-refractivity contribution in [2.45, 2.75) is 31.5 Å². The molecule has 1 amide bonds. The van der Waals surface area contributed by atoms with Crippen LogP contribution in [0.1, 0.15) is 24.8 Å². The van der Waals surface area contributed by atoms with Crippen molar-refractivity contribution < 1.29 is 18.0 Å². The molecule has 0 unspecified atom stereocenters. The fraction of sp³-hybridized carbons (Fsp3) is 0.462. The molecule has 1 aromatic carbocycles. The first-order valence-corrected chi connectivity index (χ1v) is 6.36. The van der Waals surface area contributed by atoms with Crippen LogP contribution in [0.2, 0.25) is 0 Å². The summed E-state index contributed by atoms with van der Waals surface area (Å²) >= 11 is 0. The van der Waals surface area contributed by atoms with E-state index in [2.05, 4.69) is 10.6 Å². The maximum absolute atomic E-state index is 12.5. The standard InChI is InChI=1S/C13H16F3N3O/c14-13(15,16)8-1-4-11(10(17)7-8)18-6-5-12(20)19-9-2-3-9/h1,4,7,9,18H,2-3,5-6,17H2,(H,19,20). The summed E-state index contributed by atoms with van der Waals surface area (Å²) in [5.41, 5.74) is 5.19. The van der Waals surface area contributed by atoms with Crippen LogP contribution < -0.4 is 16.4 Å². The zero-order valence-corrected chi connectivity index (χ0v) is 10.8. The molecule has 1 aliphatic carbocycles. The molecule has 0 heterocycles. The third-order valence-electron chi connectivity index (χ3n) is 2.99. The predicted molar refractivity (Wildman–Crippen MR) is 70.1 cm³/mol. The van der Waals surface area contributed by atoms with Gasteiger partial charge in [-0.2, -0.15) is 13.2 Å². The van der Waals surface area contributed by atoms with Crippen LogP contribution in [0.25, 0.3) is 0 Å². The molecule has 20 heavy (non-hydrogen) atoms. The van der Waals surface area contributed by atoms with E-state index < -0.39 is 11.7 Å². The number of amides is 1. The number of carbonyl (C=O) groups excluding carboxylic acids is 1. The molecular formula is C13H16F3N3O. The van der Waals surface area contributed by atoms with Crippen LogP contribution in [0, 0.1) is 0 Å². The fourth-order valence-electron chi connectivity index (χ4n) is 1.74. The molecule has 4 nitrogen and oxygen atoms in total. The topological polar surface area (TPSA) is 67.1 Å². The predicted octanol–water partition coefficient (Wildman–Crippen LogP) is 2.37. The number of halogens is 3. The van der Waals surface area contributed by atoms with Crippen LogP contribution in [-0.4, -0.2) is 18.5 Å². The molecule has 0 bridgehead atoms. The quantitative estimate of drug-likeness (QED) is 0.728. The smallest absolute Gasteiger partial charge is 0.397 e. The van der Waals surface area contributed by atoms with Crippen molar-refractivity contribution in [1.29, 1.82) is 0 Å². The van der Waals surface area contributed by atoms with Gasteiger partial charge in [0.1, 0.15) is 0 Å². The maximum atomic E-state index is 12.5. The number of nitrogens with one attached hydrogen (secondary N) is 2. The van der Waals surface area contributed by atoms with Gasteiger partial charge in [-0.3, -0.25) is 4.79 Å². The lowest BCUT2D eigenvalue weighted by atomic mass is 10.1. The van der Waals surface area contributed by atoms with Crippen LogP contribution in [-0.2, 0) is 11.0 Å². The van der Waals surface area contributed by atoms with Gasteiger partial charge in [-0.25, -0.2) is 0 Å². The Hall–Kier alpha value is -1.92. The highest BCUT2D eigenvalue weighted by Crippen LogP contribution is 2.32. The lowest BCUT2D eigenvalue weighted by Gasteiger charge is -2.12. The van der Waals surface area contributed by atoms with Gasteiger partial charge >= 0.3 is 6.18 Å². The van der Waals surface area contributed by atoms with Crippen molar-refractivity contribution in [3.63, 3.8) is 0 Å². The summed E-state index contributed by atoms with van der Waals surface area (Å²) < 4.78 is 37.4. The first-order valence-electron chi connectivity index (χ1n) is 6.36. The molecule has 1 fully saturated rings. The molecule has 4 N–H and O–H groups in total. The maximum Gasteiger partial charge on any atom is 0.416 e. The number of rotatable bonds is 5. The van der Waals surface area contributed by atoms with Gasteiger partial charge in [0.2, 0.25) is 5.91 Å². The highest BCUT2D eigenvalue weighted by Gasteiger charge is 2.30. The van der Waals surface area contributed by atoms with E-state index in [9.17, 15) is 18.0 Å². The number of nitrogens with two attached hydrogens (primary N) is 1. The normalized spacial score (nSPS) is 14.9. The molecule has 0 spiro atoms. The summed E-state index contributed by atoms with van der Waals surface area (Å²) in [5.74, 6) is -0.0644. The molecule has 0 aromatic heterocycles. The lowest BCUT2D eigenvalue weighted by molar-refractivity contribution is -0.137. The third kappa shape index (κ3) is 4.04. The van der Waals surface area contributed by atoms with Crippen molar-refractivity contribution in [2.75, 3.05) is 17.6 Å². The van der Waals surface area contributed by atoms with E-state index in [1.165, 1.54) is 6.07 Å². The largest absolute Gasteiger partial charge is 0.416 e. The minimum atomic E-state index is -4.41. The summed E-state index contributed by atoms with van der Waals surface area (Å²) in [7, 11) is 0. The summed E-state index contributed by atoms with van der Waals surface area (Å²) in [4.78, 5) is 11.4. The summed E-state index contributed by atoms with van der Waals surface area (Å²) in [6.45, 7) is 0.327. The Kier molecular flexibility index (Phi) is 4.06. The van der Waals surface area contributed by atoms with Gasteiger partial charge in [-0.05, 0) is 31.0 Å². The van der Waals surface area contributed by atoms with E-state index in [1.807, 2.05) is 0 Å². The first kappa shape index (κ1) is 14.5. The number of anilines is 2. The Balaban J connectivity index is 1.84. The number of benzene rings is 1. The average Bonchev–Trinajstić information content (AvgIpc) is 3.13. The second-order valence-corrected chi connectivity index (χ2v) is 4.82. The molecule has 1 saturated carbocycles. The Morgan fingerprint density at radius 2 is 2.05 bits per heavy atom. The first-order chi connectivity index (χ1) is 9.36. The second kappa shape index (κ2) is 5.60. The molecule has 1 aliphatic rings. The SMILES string of the molecule is Nc1cc(C(F)(F)F)ccc1NCCC(=O)NC1CC1. The van der Waals surface area contributed by atoms with Crippen LogP contribution in [0.5, 0.6) is 0 Å². The van der Waals surface area contributed by atoms with E-state index in [4.69, 9.17) is 5.73 Å². The van der Waals surface area contributed by atoms with Crippen LogP contribution >= 0.6 is 0 Å². The van der Waals surface area contributed by atoms with Gasteiger partial charge in [0.05, 0.1) is 16.9 Å². The highest BCUT2D eigenvalue weighted by atomic mass is 19.4. The van der Waals surface area contributed by atoms with Gasteiger partial charge < -0.3 is 16.4 Å². The highest BCUT2D eigenvalue weighted by molar-refractivity contribution is 5.77. The zero-order valence-electron chi connectivity index (χ0n) is 10.8. The molecule has 2 rings (SSSR count). The minimum absolute atomic E-state index is 0.0161. The number of hydrogen-bond acceptors (Lipinski definition) is 3. The van der Waals surface area contributed by atoms with E-state index in [0.29, 0.717) is 18.3 Å². The molecule has 0 radical (unpaired) electrons. The van der Waals surface area contributed by atoms with Gasteiger partial charge in [0.15, 0.2) is 0 Å². The van der Waals surface area contributed by atoms with Gasteiger partial charge in [0.25, 0.3) is 0 Å². The molecular weight excluding hydrogens is 271 g/mol. The van der Waals surface area contributed by atoms with E-state index in [1.54, 1.807) is 0 Å². The molecule has 1 aromatic rings. The zero-order chi connectivity index (χ0) is 14.8. The molecule has 0 aliphatic heterocycles. The van der Waals surface area contributed by atoms with Gasteiger partial charge in [-0.15, -0.1) is 0 Å². The lowest BCUT2D eigenvalue weighted by Crippen LogP contribution is -2.27. The number of hydrogen-bond donors (Lipinski definition) is 3. The molecule has 110 valence electrons. The van der Waals surface area contributed by atoms with E-state index in [-0.39, 0.29) is 18.0 Å². The van der Waals surface area contributed by atoms with Crippen molar-refractivity contribution >= 4 is 17.3 Å². The monoisotopic (exact) mass is 287 g/mol. The summed E-state index contributed by atoms with van der Waals surface area (Å²) in [6.07, 6.45) is -2.11. The van der Waals surface area contributed by atoms with Crippen LogP contribution in [0.3, 0.4) is 0 Å². The Labute approximate surface area is 114 Å². The van der Waals surface area contributed by atoms with Crippen LogP contribution in [0.4, 0.5) is 24.5 Å². The molecule has 0 saturated heterocycles. The molecule has 0 atom stereocenters. The van der Waals surface area contributed by atoms with Crippen molar-refractivity contribution in [1.82, 2.24) is 5.32 Å². The van der Waals surface area contributed by atoms with Crippen LogP contribution in [0.15, 0.2) is 18.2 Å². The Morgan fingerprint density at radius 3 is 2.60 bits per heavy atom. The summed E-state index contributed by atoms with van der Waals surface area (Å²) in [6, 6.07) is 3.42. The Bertz CT molecular complexity index is 498. The fourth-order valence-corrected chi connectivity index (χ4v) is 1.74. The van der Waals surface area contributed by atoms with Gasteiger partial charge in [0, 0.05) is 19.0 Å². The second-order valence-electron chi connectivity index (χ2n) is 4.82. The average molecular weight is 287 g/mol. The van der Waals surface area contributed by atoms with Gasteiger partial charge in [-0.1, -0.05) is 0 Å². The van der Waals surface area contributed by atoms with Crippen molar-refractivity contribution in [3.05, 3.63) is 23.8 Å². The number of alkyl halides is 3. The molecule has 7 heteroatoms. The minimum Gasteiger partial charge on any atom is -0.397 e. The van der Waals surface area contributed by atoms with E-state index >= 15 is 0 Å². The number of carbonyl (C=O) groups is 1. The van der Waals surface area contributed by atoms with Crippen molar-refractivity contribution in [3.8, 4) is 0 Å². The third-order valence-corrected chi connectivity index (χ3v) is 2.99. The number of nitrogen functional groups attached to an aromatic ring is 1. The Morgan fingerprint density at radius 1 is 1.35 bits per heavy atom. The summed E-state index contributed by atoms with van der Waals surface area (Å²) in [5, 5.41) is 5.69. The van der Waals surface area contributed by atoms with E-state index in [0.717, 1.165) is 25.0 Å². The van der Waals surface area contributed by atoms with Crippen molar-refractivity contribution in [2.24, 2.45) is 0 Å².